The molecule has 1 aliphatic heterocycles. The molecule has 1 heterocycles. The summed E-state index contributed by atoms with van der Waals surface area (Å²) in [6, 6.07) is 0.457. The zero-order valence-electron chi connectivity index (χ0n) is 8.56. The molecule has 0 aliphatic carbocycles. The number of nitrogens with zero attached hydrogens (tertiary/aromatic N) is 1. The van der Waals surface area contributed by atoms with Crippen LogP contribution in [0.1, 0.15) is 19.8 Å². The van der Waals surface area contributed by atoms with Crippen molar-refractivity contribution in [2.45, 2.75) is 38.0 Å². The minimum absolute atomic E-state index is 0.0211. The molecule has 1 N–H and O–H groups in total. The van der Waals surface area contributed by atoms with E-state index in [1.165, 1.54) is 11.9 Å². The van der Waals surface area contributed by atoms with Crippen LogP contribution in [0, 0.1) is 0 Å². The van der Waals surface area contributed by atoms with Gasteiger partial charge in [0.05, 0.1) is 6.54 Å². The van der Waals surface area contributed by atoms with Gasteiger partial charge < -0.3 is 5.32 Å². The van der Waals surface area contributed by atoms with Crippen LogP contribution in [0.15, 0.2) is 0 Å². The number of alkyl halides is 3. The maximum atomic E-state index is 12.1. The second kappa shape index (κ2) is 4.49. The Labute approximate surface area is 82.5 Å². The smallest absolute Gasteiger partial charge is 0.313 e. The second-order valence-electron chi connectivity index (χ2n) is 4.07. The number of nitrogens with one attached hydrogen (secondary N) is 1. The standard InChI is InChI=1S/C9H17F3N2/c1-7-3-4-8(5-13-7)14(2)6-9(10,11)12/h7-8,13H,3-6H2,1-2H3. The van der Waals surface area contributed by atoms with Crippen LogP contribution >= 0.6 is 0 Å². The number of hydrogen-bond acceptors (Lipinski definition) is 2. The predicted molar refractivity (Wildman–Crippen MR) is 49.2 cm³/mol. The molecule has 0 amide bonds. The number of rotatable bonds is 2. The van der Waals surface area contributed by atoms with Gasteiger partial charge in [0.2, 0.25) is 0 Å². The molecular formula is C9H17F3N2. The van der Waals surface area contributed by atoms with Crippen LogP contribution < -0.4 is 5.32 Å². The average molecular weight is 210 g/mol. The SMILES string of the molecule is CC1CCC(N(C)CC(F)(F)F)CN1. The summed E-state index contributed by atoms with van der Waals surface area (Å²) >= 11 is 0. The Bertz CT molecular complexity index is 173. The van der Waals surface area contributed by atoms with E-state index in [1.807, 2.05) is 0 Å². The minimum atomic E-state index is -4.09. The van der Waals surface area contributed by atoms with Crippen molar-refractivity contribution >= 4 is 0 Å². The molecule has 0 aromatic rings. The summed E-state index contributed by atoms with van der Waals surface area (Å²) in [5.74, 6) is 0. The van der Waals surface area contributed by atoms with Crippen LogP contribution in [0.5, 0.6) is 0 Å². The molecule has 5 heteroatoms. The van der Waals surface area contributed by atoms with Crippen molar-refractivity contribution in [3.8, 4) is 0 Å². The van der Waals surface area contributed by atoms with Crippen molar-refractivity contribution in [2.24, 2.45) is 0 Å². The molecule has 0 aromatic heterocycles. The third kappa shape index (κ3) is 3.84. The Morgan fingerprint density at radius 2 is 2.00 bits per heavy atom. The summed E-state index contributed by atoms with van der Waals surface area (Å²) < 4.78 is 36.2. The van der Waals surface area contributed by atoms with Gasteiger partial charge in [-0.2, -0.15) is 13.2 Å². The van der Waals surface area contributed by atoms with E-state index in [0.717, 1.165) is 12.8 Å². The van der Waals surface area contributed by atoms with Gasteiger partial charge in [0.15, 0.2) is 0 Å². The van der Waals surface area contributed by atoms with Gasteiger partial charge in [-0.1, -0.05) is 0 Å². The predicted octanol–water partition coefficient (Wildman–Crippen LogP) is 1.62. The topological polar surface area (TPSA) is 15.3 Å². The first-order chi connectivity index (χ1) is 6.38. The van der Waals surface area contributed by atoms with Crippen molar-refractivity contribution in [1.29, 1.82) is 0 Å². The van der Waals surface area contributed by atoms with E-state index in [-0.39, 0.29) is 6.04 Å². The molecule has 0 saturated carbocycles. The zero-order valence-corrected chi connectivity index (χ0v) is 8.56. The van der Waals surface area contributed by atoms with E-state index in [1.54, 1.807) is 0 Å². The molecule has 1 aliphatic rings. The van der Waals surface area contributed by atoms with Gasteiger partial charge in [-0.15, -0.1) is 0 Å². The summed E-state index contributed by atoms with van der Waals surface area (Å²) in [5.41, 5.74) is 0. The Morgan fingerprint density at radius 1 is 1.36 bits per heavy atom. The molecule has 1 fully saturated rings. The zero-order chi connectivity index (χ0) is 10.8. The number of piperidine rings is 1. The lowest BCUT2D eigenvalue weighted by Gasteiger charge is -2.34. The van der Waals surface area contributed by atoms with Gasteiger partial charge in [-0.25, -0.2) is 0 Å². The third-order valence-corrected chi connectivity index (χ3v) is 2.69. The second-order valence-corrected chi connectivity index (χ2v) is 4.07. The molecule has 2 nitrogen and oxygen atoms in total. The number of hydrogen-bond donors (Lipinski definition) is 1. The number of likely N-dealkylation sites (N-methyl/N-ethyl adjacent to an activating group) is 1. The van der Waals surface area contributed by atoms with Gasteiger partial charge in [-0.05, 0) is 26.8 Å². The quantitative estimate of drug-likeness (QED) is 0.745. The lowest BCUT2D eigenvalue weighted by molar-refractivity contribution is -0.148. The first-order valence-electron chi connectivity index (χ1n) is 4.89. The minimum Gasteiger partial charge on any atom is -0.313 e. The normalized spacial score (nSPS) is 29.6. The maximum Gasteiger partial charge on any atom is 0.401 e. The highest BCUT2D eigenvalue weighted by atomic mass is 19.4. The van der Waals surface area contributed by atoms with Crippen LogP contribution in [0.4, 0.5) is 13.2 Å². The van der Waals surface area contributed by atoms with Crippen LogP contribution in [-0.2, 0) is 0 Å². The van der Waals surface area contributed by atoms with E-state index < -0.39 is 12.7 Å². The van der Waals surface area contributed by atoms with Gasteiger partial charge in [0, 0.05) is 18.6 Å². The third-order valence-electron chi connectivity index (χ3n) is 2.69. The summed E-state index contributed by atoms with van der Waals surface area (Å²) in [4.78, 5) is 1.39. The van der Waals surface area contributed by atoms with Gasteiger partial charge in [-0.3, -0.25) is 4.90 Å². The summed E-state index contributed by atoms with van der Waals surface area (Å²) in [5, 5.41) is 3.19. The maximum absolute atomic E-state index is 12.1. The summed E-state index contributed by atoms with van der Waals surface area (Å²) in [6.07, 6.45) is -2.29. The van der Waals surface area contributed by atoms with Crippen LogP contribution in [0.25, 0.3) is 0 Å². The molecule has 0 aromatic carbocycles. The Balaban J connectivity index is 2.34. The molecule has 84 valence electrons. The monoisotopic (exact) mass is 210 g/mol. The Morgan fingerprint density at radius 3 is 2.43 bits per heavy atom. The summed E-state index contributed by atoms with van der Waals surface area (Å²) in [6.45, 7) is 1.90. The first-order valence-corrected chi connectivity index (χ1v) is 4.89. The van der Waals surface area contributed by atoms with E-state index in [4.69, 9.17) is 0 Å². The van der Waals surface area contributed by atoms with Crippen molar-refractivity contribution < 1.29 is 13.2 Å². The molecule has 0 spiro atoms. The van der Waals surface area contributed by atoms with Gasteiger partial charge >= 0.3 is 6.18 Å². The lowest BCUT2D eigenvalue weighted by atomic mass is 10.0. The highest BCUT2D eigenvalue weighted by Crippen LogP contribution is 2.19. The molecule has 0 radical (unpaired) electrons. The van der Waals surface area contributed by atoms with Crippen molar-refractivity contribution in [3.63, 3.8) is 0 Å². The fraction of sp³-hybridized carbons (Fsp3) is 1.00. The molecule has 1 saturated heterocycles. The first kappa shape index (κ1) is 11.8. The van der Waals surface area contributed by atoms with E-state index >= 15 is 0 Å². The molecule has 1 rings (SSSR count). The van der Waals surface area contributed by atoms with Crippen LogP contribution in [0.3, 0.4) is 0 Å². The molecule has 2 atom stereocenters. The Hall–Kier alpha value is -0.290. The fourth-order valence-electron chi connectivity index (χ4n) is 1.77. The molecular weight excluding hydrogens is 193 g/mol. The van der Waals surface area contributed by atoms with E-state index in [2.05, 4.69) is 12.2 Å². The lowest BCUT2D eigenvalue weighted by Crippen LogP contribution is -2.49. The number of halogens is 3. The Kier molecular flexibility index (Phi) is 3.78. The van der Waals surface area contributed by atoms with Gasteiger partial charge in [0.25, 0.3) is 0 Å². The fourth-order valence-corrected chi connectivity index (χ4v) is 1.77. The van der Waals surface area contributed by atoms with Crippen molar-refractivity contribution in [2.75, 3.05) is 20.1 Å². The van der Waals surface area contributed by atoms with E-state index in [0.29, 0.717) is 12.6 Å². The van der Waals surface area contributed by atoms with Crippen LogP contribution in [0.2, 0.25) is 0 Å². The molecule has 14 heavy (non-hydrogen) atoms. The van der Waals surface area contributed by atoms with E-state index in [9.17, 15) is 13.2 Å². The highest BCUT2D eigenvalue weighted by Gasteiger charge is 2.32. The van der Waals surface area contributed by atoms with Crippen molar-refractivity contribution in [1.82, 2.24) is 10.2 Å². The van der Waals surface area contributed by atoms with Crippen LogP contribution in [-0.4, -0.2) is 43.3 Å². The molecule has 0 bridgehead atoms. The highest BCUT2D eigenvalue weighted by molar-refractivity contribution is 4.81. The van der Waals surface area contributed by atoms with Crippen molar-refractivity contribution in [3.05, 3.63) is 0 Å². The van der Waals surface area contributed by atoms with Gasteiger partial charge in [0.1, 0.15) is 0 Å². The average Bonchev–Trinajstić information content (AvgIpc) is 2.02. The molecule has 2 unspecified atom stereocenters. The summed E-state index contributed by atoms with van der Waals surface area (Å²) in [7, 11) is 1.54. The largest absolute Gasteiger partial charge is 0.401 e.